The average molecular weight is 299 g/mol. The molecule has 2 aliphatic carbocycles. The summed E-state index contributed by atoms with van der Waals surface area (Å²) in [6.07, 6.45) is 5.03. The predicted molar refractivity (Wildman–Crippen MR) is 77.5 cm³/mol. The molecule has 1 spiro atoms. The third-order valence-electron chi connectivity index (χ3n) is 6.40. The first-order valence-electron chi connectivity index (χ1n) is 7.81. The number of carbonyl (C=O) groups is 1. The van der Waals surface area contributed by atoms with Crippen LogP contribution in [0.25, 0.3) is 0 Å². The highest BCUT2D eigenvalue weighted by molar-refractivity contribution is 7.90. The van der Waals surface area contributed by atoms with Crippen molar-refractivity contribution in [2.75, 3.05) is 5.75 Å². The van der Waals surface area contributed by atoms with Crippen molar-refractivity contribution in [2.24, 2.45) is 16.7 Å². The van der Waals surface area contributed by atoms with Crippen molar-refractivity contribution < 1.29 is 13.2 Å². The number of hydrogen-bond acceptors (Lipinski definition) is 3. The summed E-state index contributed by atoms with van der Waals surface area (Å²) < 4.78 is 26.4. The van der Waals surface area contributed by atoms with E-state index in [-0.39, 0.29) is 28.5 Å². The Hall–Kier alpha value is -0.580. The molecule has 3 fully saturated rings. The van der Waals surface area contributed by atoms with Crippen LogP contribution < -0.4 is 0 Å². The van der Waals surface area contributed by atoms with Crippen LogP contribution in [0.2, 0.25) is 0 Å². The van der Waals surface area contributed by atoms with Crippen molar-refractivity contribution in [1.29, 1.82) is 0 Å². The standard InChI is InChI=1S/C15H25NO3S/c1-4-5-6-13(17)16-12-9-11-7-8-15(12,14(11,2)3)10-20(16,18)19/h11-12H,4-10H2,1-3H3. The minimum absolute atomic E-state index is 0.0462. The fourth-order valence-corrected chi connectivity index (χ4v) is 7.63. The van der Waals surface area contributed by atoms with E-state index in [4.69, 9.17) is 0 Å². The Morgan fingerprint density at radius 3 is 2.65 bits per heavy atom. The number of nitrogens with zero attached hydrogens (tertiary/aromatic N) is 1. The van der Waals surface area contributed by atoms with Gasteiger partial charge in [0.1, 0.15) is 0 Å². The van der Waals surface area contributed by atoms with Crippen molar-refractivity contribution in [3.63, 3.8) is 0 Å². The van der Waals surface area contributed by atoms with E-state index >= 15 is 0 Å². The van der Waals surface area contributed by atoms with Gasteiger partial charge >= 0.3 is 0 Å². The quantitative estimate of drug-likeness (QED) is 0.804. The molecule has 4 nitrogen and oxygen atoms in total. The molecule has 0 N–H and O–H groups in total. The van der Waals surface area contributed by atoms with Gasteiger partial charge in [-0.1, -0.05) is 27.2 Å². The maximum atomic E-state index is 12.6. The largest absolute Gasteiger partial charge is 0.274 e. The highest BCUT2D eigenvalue weighted by Crippen LogP contribution is 2.69. The molecule has 0 aromatic rings. The summed E-state index contributed by atoms with van der Waals surface area (Å²) in [6, 6.07) is -0.0643. The van der Waals surface area contributed by atoms with E-state index in [9.17, 15) is 13.2 Å². The fourth-order valence-electron chi connectivity index (χ4n) is 5.06. The predicted octanol–water partition coefficient (Wildman–Crippen LogP) is 2.54. The molecule has 1 amide bonds. The van der Waals surface area contributed by atoms with Crippen molar-refractivity contribution >= 4 is 15.9 Å². The summed E-state index contributed by atoms with van der Waals surface area (Å²) in [5, 5.41) is 0. The second-order valence-corrected chi connectivity index (χ2v) is 9.26. The third kappa shape index (κ3) is 1.59. The Morgan fingerprint density at radius 2 is 2.05 bits per heavy atom. The molecule has 2 saturated carbocycles. The van der Waals surface area contributed by atoms with Gasteiger partial charge in [-0.15, -0.1) is 0 Å². The first kappa shape index (κ1) is 14.4. The van der Waals surface area contributed by atoms with Crippen LogP contribution in [0.15, 0.2) is 0 Å². The van der Waals surface area contributed by atoms with E-state index in [1.165, 1.54) is 4.31 Å². The summed E-state index contributed by atoms with van der Waals surface area (Å²) in [5.41, 5.74) is -0.136. The number of amides is 1. The van der Waals surface area contributed by atoms with Gasteiger partial charge in [-0.25, -0.2) is 12.7 Å². The third-order valence-corrected chi connectivity index (χ3v) is 8.34. The molecule has 3 aliphatic rings. The lowest BCUT2D eigenvalue weighted by molar-refractivity contribution is -0.129. The normalized spacial score (nSPS) is 40.0. The Balaban J connectivity index is 1.96. The Morgan fingerprint density at radius 1 is 1.35 bits per heavy atom. The number of carbonyl (C=O) groups excluding carboxylic acids is 1. The average Bonchev–Trinajstić information content (AvgIpc) is 2.82. The molecule has 2 bridgehead atoms. The van der Waals surface area contributed by atoms with Crippen LogP contribution in [0.4, 0.5) is 0 Å². The lowest BCUT2D eigenvalue weighted by Crippen LogP contribution is -2.44. The minimum atomic E-state index is -3.41. The number of rotatable bonds is 3. The van der Waals surface area contributed by atoms with Gasteiger partial charge in [0.05, 0.1) is 11.8 Å². The van der Waals surface area contributed by atoms with Crippen molar-refractivity contribution in [2.45, 2.75) is 65.3 Å². The molecule has 3 unspecified atom stereocenters. The van der Waals surface area contributed by atoms with Crippen molar-refractivity contribution in [3.8, 4) is 0 Å². The van der Waals surface area contributed by atoms with Crippen LogP contribution in [-0.4, -0.2) is 30.4 Å². The SMILES string of the molecule is CCCCC(=O)N1C2CC3CCC2(CS1(=O)=O)C3(C)C. The molecule has 0 radical (unpaired) electrons. The minimum Gasteiger partial charge on any atom is -0.274 e. The lowest BCUT2D eigenvalue weighted by atomic mass is 9.69. The molecule has 5 heteroatoms. The molecule has 114 valence electrons. The molecular weight excluding hydrogens is 274 g/mol. The number of hydrogen-bond donors (Lipinski definition) is 0. The topological polar surface area (TPSA) is 54.5 Å². The molecular formula is C15H25NO3S. The van der Waals surface area contributed by atoms with Crippen molar-refractivity contribution in [3.05, 3.63) is 0 Å². The number of unbranched alkanes of at least 4 members (excludes halogenated alkanes) is 1. The van der Waals surface area contributed by atoms with Gasteiger partial charge in [0.25, 0.3) is 0 Å². The lowest BCUT2D eigenvalue weighted by Gasteiger charge is -2.37. The zero-order valence-corrected chi connectivity index (χ0v) is 13.5. The van der Waals surface area contributed by atoms with Gasteiger partial charge < -0.3 is 0 Å². The summed E-state index contributed by atoms with van der Waals surface area (Å²) in [7, 11) is -3.41. The van der Waals surface area contributed by atoms with Gasteiger partial charge in [-0.05, 0) is 37.0 Å². The highest BCUT2D eigenvalue weighted by atomic mass is 32.2. The van der Waals surface area contributed by atoms with Crippen LogP contribution in [0.5, 0.6) is 0 Å². The maximum absolute atomic E-state index is 12.6. The second-order valence-electron chi connectivity index (χ2n) is 7.41. The first-order valence-corrected chi connectivity index (χ1v) is 9.42. The molecule has 0 aromatic heterocycles. The zero-order chi connectivity index (χ0) is 14.8. The van der Waals surface area contributed by atoms with Crippen LogP contribution in [0.3, 0.4) is 0 Å². The Bertz CT molecular complexity index is 539. The number of sulfonamides is 1. The summed E-state index contributed by atoms with van der Waals surface area (Å²) in [5.74, 6) is 0.591. The Labute approximate surface area is 122 Å². The molecule has 1 aliphatic heterocycles. The van der Waals surface area contributed by atoms with Gasteiger partial charge in [0.15, 0.2) is 0 Å². The molecule has 3 rings (SSSR count). The van der Waals surface area contributed by atoms with E-state index < -0.39 is 10.0 Å². The molecule has 1 heterocycles. The summed E-state index contributed by atoms with van der Waals surface area (Å²) >= 11 is 0. The van der Waals surface area contributed by atoms with Gasteiger partial charge in [-0.2, -0.15) is 0 Å². The smallest absolute Gasteiger partial charge is 0.238 e. The van der Waals surface area contributed by atoms with Crippen LogP contribution in [0, 0.1) is 16.7 Å². The highest BCUT2D eigenvalue weighted by Gasteiger charge is 2.72. The van der Waals surface area contributed by atoms with E-state index in [2.05, 4.69) is 13.8 Å². The van der Waals surface area contributed by atoms with Crippen LogP contribution >= 0.6 is 0 Å². The monoisotopic (exact) mass is 299 g/mol. The van der Waals surface area contributed by atoms with Crippen molar-refractivity contribution in [1.82, 2.24) is 4.31 Å². The van der Waals surface area contributed by atoms with E-state index in [0.29, 0.717) is 12.3 Å². The molecule has 1 saturated heterocycles. The maximum Gasteiger partial charge on any atom is 0.238 e. The first-order chi connectivity index (χ1) is 9.26. The van der Waals surface area contributed by atoms with Gasteiger partial charge in [0, 0.05) is 11.8 Å². The molecule has 0 aromatic carbocycles. The summed E-state index contributed by atoms with van der Waals surface area (Å²) in [4.78, 5) is 12.4. The van der Waals surface area contributed by atoms with Gasteiger partial charge in [0.2, 0.25) is 15.9 Å². The molecule has 3 atom stereocenters. The van der Waals surface area contributed by atoms with Gasteiger partial charge in [-0.3, -0.25) is 4.79 Å². The van der Waals surface area contributed by atoms with E-state index in [1.807, 2.05) is 6.92 Å². The zero-order valence-electron chi connectivity index (χ0n) is 12.7. The van der Waals surface area contributed by atoms with Crippen LogP contribution in [-0.2, 0) is 14.8 Å². The second kappa shape index (κ2) is 4.21. The van der Waals surface area contributed by atoms with E-state index in [1.54, 1.807) is 0 Å². The number of fused-ring (bicyclic) bond motifs is 1. The fraction of sp³-hybridized carbons (Fsp3) is 0.933. The molecule has 20 heavy (non-hydrogen) atoms. The summed E-state index contributed by atoms with van der Waals surface area (Å²) in [6.45, 7) is 6.44. The van der Waals surface area contributed by atoms with E-state index in [0.717, 1.165) is 32.1 Å². The Kier molecular flexibility index (Phi) is 3.03. The van der Waals surface area contributed by atoms with Crippen LogP contribution in [0.1, 0.15) is 59.3 Å².